The summed E-state index contributed by atoms with van der Waals surface area (Å²) in [5, 5.41) is 28.3. The fraction of sp³-hybridized carbons (Fsp3) is 0.133. The van der Waals surface area contributed by atoms with Gasteiger partial charge in [0.1, 0.15) is 12.1 Å². The first kappa shape index (κ1) is 12.6. The van der Waals surface area contributed by atoms with E-state index in [2.05, 4.69) is 0 Å². The molecule has 0 saturated heterocycles. The van der Waals surface area contributed by atoms with Crippen LogP contribution >= 0.6 is 0 Å². The zero-order valence-electron chi connectivity index (χ0n) is 10.1. The molecule has 0 aliphatic heterocycles. The van der Waals surface area contributed by atoms with Crippen LogP contribution in [0.25, 0.3) is 10.8 Å². The summed E-state index contributed by atoms with van der Waals surface area (Å²) in [6, 6.07) is 12.9. The first-order valence-corrected chi connectivity index (χ1v) is 5.72. The lowest BCUT2D eigenvalue weighted by molar-refractivity contribution is -0.136. The lowest BCUT2D eigenvalue weighted by Gasteiger charge is -2.04. The predicted octanol–water partition coefficient (Wildman–Crippen LogP) is 2.60. The van der Waals surface area contributed by atoms with Crippen LogP contribution in [0.4, 0.5) is 0 Å². The second kappa shape index (κ2) is 5.20. The smallest absolute Gasteiger partial charge is 0.303 e. The summed E-state index contributed by atoms with van der Waals surface area (Å²) in [6.07, 6.45) is 0.528. The van der Waals surface area contributed by atoms with E-state index in [0.29, 0.717) is 17.5 Å². The Labute approximate surface area is 110 Å². The number of hydrogen-bond donors (Lipinski definition) is 1. The quantitative estimate of drug-likeness (QED) is 0.907. The third-order valence-electron chi connectivity index (χ3n) is 2.91. The lowest BCUT2D eigenvalue weighted by Crippen LogP contribution is -1.97. The number of carbonyl (C=O) groups is 1. The Bertz CT molecular complexity index is 736. The van der Waals surface area contributed by atoms with Crippen LogP contribution in [-0.4, -0.2) is 11.1 Å². The van der Waals surface area contributed by atoms with Gasteiger partial charge in [-0.25, -0.2) is 0 Å². The minimum atomic E-state index is -0.836. The van der Waals surface area contributed by atoms with Crippen molar-refractivity contribution in [3.8, 4) is 12.1 Å². The fourth-order valence-electron chi connectivity index (χ4n) is 1.94. The van der Waals surface area contributed by atoms with Crippen molar-refractivity contribution in [2.45, 2.75) is 12.8 Å². The Morgan fingerprint density at radius 2 is 1.68 bits per heavy atom. The maximum atomic E-state index is 10.5. The van der Waals surface area contributed by atoms with Gasteiger partial charge >= 0.3 is 5.97 Å². The van der Waals surface area contributed by atoms with E-state index in [1.54, 1.807) is 12.1 Å². The van der Waals surface area contributed by atoms with Crippen LogP contribution in [0.2, 0.25) is 0 Å². The predicted molar refractivity (Wildman–Crippen MR) is 69.3 cm³/mol. The van der Waals surface area contributed by atoms with Crippen LogP contribution in [-0.2, 0) is 11.2 Å². The number of rotatable bonds is 3. The monoisotopic (exact) mass is 250 g/mol. The van der Waals surface area contributed by atoms with Gasteiger partial charge in [-0.15, -0.1) is 0 Å². The molecule has 0 bridgehead atoms. The highest BCUT2D eigenvalue weighted by Gasteiger charge is 2.06. The number of carboxylic acids is 1. The topological polar surface area (TPSA) is 84.9 Å². The SMILES string of the molecule is N#Cc1cc2ccc(CCC(=O)O)cc2cc1C#N. The van der Waals surface area contributed by atoms with E-state index in [1.165, 1.54) is 0 Å². The Morgan fingerprint density at radius 1 is 1.05 bits per heavy atom. The molecule has 1 N–H and O–H groups in total. The van der Waals surface area contributed by atoms with Crippen molar-refractivity contribution in [3.63, 3.8) is 0 Å². The third-order valence-corrected chi connectivity index (χ3v) is 2.91. The second-order valence-electron chi connectivity index (χ2n) is 4.20. The summed E-state index contributed by atoms with van der Waals surface area (Å²) in [6.45, 7) is 0. The van der Waals surface area contributed by atoms with Gasteiger partial charge in [0, 0.05) is 6.42 Å². The molecular formula is C15H10N2O2. The summed E-state index contributed by atoms with van der Waals surface area (Å²) in [5.41, 5.74) is 1.60. The molecule has 2 aromatic carbocycles. The zero-order valence-corrected chi connectivity index (χ0v) is 10.1. The van der Waals surface area contributed by atoms with E-state index < -0.39 is 5.97 Å². The van der Waals surface area contributed by atoms with E-state index >= 15 is 0 Å². The minimum Gasteiger partial charge on any atom is -0.481 e. The van der Waals surface area contributed by atoms with Crippen LogP contribution in [0.3, 0.4) is 0 Å². The van der Waals surface area contributed by atoms with Gasteiger partial charge in [-0.05, 0) is 34.9 Å². The van der Waals surface area contributed by atoms with E-state index in [1.807, 2.05) is 30.3 Å². The molecule has 0 heterocycles. The Balaban J connectivity index is 2.46. The molecular weight excluding hydrogens is 240 g/mol. The minimum absolute atomic E-state index is 0.0763. The molecule has 0 fully saturated rings. The molecule has 0 atom stereocenters. The molecule has 0 radical (unpaired) electrons. The molecule has 0 amide bonds. The molecule has 2 aromatic rings. The molecule has 0 spiro atoms. The van der Waals surface area contributed by atoms with E-state index in [-0.39, 0.29) is 6.42 Å². The number of fused-ring (bicyclic) bond motifs is 1. The number of aliphatic carboxylic acids is 1. The van der Waals surface area contributed by atoms with E-state index in [4.69, 9.17) is 15.6 Å². The van der Waals surface area contributed by atoms with Crippen LogP contribution < -0.4 is 0 Å². The van der Waals surface area contributed by atoms with E-state index in [9.17, 15) is 4.79 Å². The van der Waals surface area contributed by atoms with Gasteiger partial charge in [-0.2, -0.15) is 10.5 Å². The van der Waals surface area contributed by atoms with Gasteiger partial charge in [0.2, 0.25) is 0 Å². The largest absolute Gasteiger partial charge is 0.481 e. The van der Waals surface area contributed by atoms with Crippen LogP contribution in [0.15, 0.2) is 30.3 Å². The highest BCUT2D eigenvalue weighted by Crippen LogP contribution is 2.21. The van der Waals surface area contributed by atoms with Gasteiger partial charge in [-0.1, -0.05) is 18.2 Å². The van der Waals surface area contributed by atoms with Crippen molar-refractivity contribution in [2.75, 3.05) is 0 Å². The average Bonchev–Trinajstić information content (AvgIpc) is 2.43. The summed E-state index contributed by atoms with van der Waals surface area (Å²) in [4.78, 5) is 10.5. The fourth-order valence-corrected chi connectivity index (χ4v) is 1.94. The van der Waals surface area contributed by atoms with Crippen molar-refractivity contribution in [3.05, 3.63) is 47.0 Å². The maximum absolute atomic E-state index is 10.5. The van der Waals surface area contributed by atoms with E-state index in [0.717, 1.165) is 16.3 Å². The highest BCUT2D eigenvalue weighted by molar-refractivity contribution is 5.86. The average molecular weight is 250 g/mol. The second-order valence-corrected chi connectivity index (χ2v) is 4.20. The van der Waals surface area contributed by atoms with Crippen molar-refractivity contribution in [1.82, 2.24) is 0 Å². The van der Waals surface area contributed by atoms with Gasteiger partial charge in [0.05, 0.1) is 11.1 Å². The first-order chi connectivity index (χ1) is 9.13. The number of carboxylic acid groups (broad SMARTS) is 1. The van der Waals surface area contributed by atoms with Gasteiger partial charge in [0.15, 0.2) is 0 Å². The van der Waals surface area contributed by atoms with Crippen LogP contribution in [0, 0.1) is 22.7 Å². The number of nitriles is 2. The Morgan fingerprint density at radius 3 is 2.26 bits per heavy atom. The molecule has 0 aliphatic carbocycles. The third kappa shape index (κ3) is 2.70. The number of benzene rings is 2. The van der Waals surface area contributed by atoms with Crippen molar-refractivity contribution >= 4 is 16.7 Å². The summed E-state index contributed by atoms with van der Waals surface area (Å²) in [5.74, 6) is -0.836. The number of nitrogens with zero attached hydrogens (tertiary/aromatic N) is 2. The summed E-state index contributed by atoms with van der Waals surface area (Å²) < 4.78 is 0. The number of aryl methyl sites for hydroxylation is 1. The van der Waals surface area contributed by atoms with Gasteiger partial charge < -0.3 is 5.11 Å². The van der Waals surface area contributed by atoms with Gasteiger partial charge in [0.25, 0.3) is 0 Å². The molecule has 0 aliphatic rings. The Kier molecular flexibility index (Phi) is 3.45. The lowest BCUT2D eigenvalue weighted by atomic mass is 9.99. The molecule has 0 unspecified atom stereocenters. The normalized spacial score (nSPS) is 9.79. The van der Waals surface area contributed by atoms with Crippen LogP contribution in [0.5, 0.6) is 0 Å². The molecule has 19 heavy (non-hydrogen) atoms. The molecule has 4 nitrogen and oxygen atoms in total. The Hall–Kier alpha value is -2.85. The molecule has 2 rings (SSSR count). The number of hydrogen-bond acceptors (Lipinski definition) is 3. The summed E-state index contributed by atoms with van der Waals surface area (Å²) >= 11 is 0. The highest BCUT2D eigenvalue weighted by atomic mass is 16.4. The molecule has 4 heteroatoms. The molecule has 92 valence electrons. The summed E-state index contributed by atoms with van der Waals surface area (Å²) in [7, 11) is 0. The van der Waals surface area contributed by atoms with Crippen molar-refractivity contribution in [2.24, 2.45) is 0 Å². The standard InChI is InChI=1S/C15H10N2O2/c16-8-13-6-11-3-1-10(2-4-15(18)19)5-12(11)7-14(13)9-17/h1,3,5-7H,2,4H2,(H,18,19). The van der Waals surface area contributed by atoms with Crippen LogP contribution in [0.1, 0.15) is 23.1 Å². The molecule has 0 saturated carbocycles. The maximum Gasteiger partial charge on any atom is 0.303 e. The van der Waals surface area contributed by atoms with Crippen molar-refractivity contribution in [1.29, 1.82) is 10.5 Å². The van der Waals surface area contributed by atoms with Gasteiger partial charge in [-0.3, -0.25) is 4.79 Å². The first-order valence-electron chi connectivity index (χ1n) is 5.72. The molecule has 0 aromatic heterocycles. The zero-order chi connectivity index (χ0) is 13.8. The van der Waals surface area contributed by atoms with Crippen molar-refractivity contribution < 1.29 is 9.90 Å².